The lowest BCUT2D eigenvalue weighted by Crippen LogP contribution is -2.41. The third-order valence-corrected chi connectivity index (χ3v) is 2.52. The van der Waals surface area contributed by atoms with E-state index in [4.69, 9.17) is 0 Å². The average Bonchev–Trinajstić information content (AvgIpc) is 2.01. The van der Waals surface area contributed by atoms with Crippen LogP contribution in [0.1, 0.15) is 26.2 Å². The molecule has 3 nitrogen and oxygen atoms in total. The molecule has 1 aliphatic carbocycles. The average molecular weight is 181 g/mol. The summed E-state index contributed by atoms with van der Waals surface area (Å²) in [5.41, 5.74) is 0.112. The third-order valence-electron chi connectivity index (χ3n) is 2.52. The van der Waals surface area contributed by atoms with E-state index in [-0.39, 0.29) is 5.54 Å². The lowest BCUT2D eigenvalue weighted by atomic mass is 9.78. The van der Waals surface area contributed by atoms with E-state index in [0.717, 1.165) is 12.8 Å². The molecule has 0 unspecified atom stereocenters. The zero-order chi connectivity index (χ0) is 9.31. The summed E-state index contributed by atoms with van der Waals surface area (Å²) >= 11 is 0. The van der Waals surface area contributed by atoms with Gasteiger partial charge in [-0.2, -0.15) is 4.39 Å². The zero-order valence-electron chi connectivity index (χ0n) is 7.55. The standard InChI is InChI=1S/C9H12FN3/c1-9(3-2-4-9)13-8-5-7(10)11-6-12-8/h5-6H,2-4H2,1H3,(H,11,12,13). The van der Waals surface area contributed by atoms with E-state index in [1.54, 1.807) is 0 Å². The molecule has 0 atom stereocenters. The van der Waals surface area contributed by atoms with Crippen LogP contribution in [0.25, 0.3) is 0 Å². The predicted molar refractivity (Wildman–Crippen MR) is 47.9 cm³/mol. The number of nitrogens with one attached hydrogen (secondary N) is 1. The van der Waals surface area contributed by atoms with Gasteiger partial charge in [0.2, 0.25) is 5.95 Å². The van der Waals surface area contributed by atoms with Crippen molar-refractivity contribution < 1.29 is 4.39 Å². The summed E-state index contributed by atoms with van der Waals surface area (Å²) in [4.78, 5) is 7.34. The van der Waals surface area contributed by atoms with Gasteiger partial charge in [-0.3, -0.25) is 0 Å². The number of nitrogens with zero attached hydrogens (tertiary/aromatic N) is 2. The molecular weight excluding hydrogens is 169 g/mol. The molecule has 1 N–H and O–H groups in total. The lowest BCUT2D eigenvalue weighted by molar-refractivity contribution is 0.305. The molecule has 0 aromatic carbocycles. The molecule has 0 amide bonds. The maximum absolute atomic E-state index is 12.7. The summed E-state index contributed by atoms with van der Waals surface area (Å²) in [5.74, 6) is 0.0927. The molecule has 70 valence electrons. The summed E-state index contributed by atoms with van der Waals surface area (Å²) < 4.78 is 12.7. The summed E-state index contributed by atoms with van der Waals surface area (Å²) in [7, 11) is 0. The molecule has 0 spiro atoms. The third kappa shape index (κ3) is 1.76. The van der Waals surface area contributed by atoms with E-state index in [1.165, 1.54) is 18.8 Å². The minimum atomic E-state index is -0.486. The van der Waals surface area contributed by atoms with Gasteiger partial charge in [-0.15, -0.1) is 0 Å². The molecule has 13 heavy (non-hydrogen) atoms. The molecule has 4 heteroatoms. The van der Waals surface area contributed by atoms with Crippen molar-refractivity contribution in [1.82, 2.24) is 9.97 Å². The fourth-order valence-electron chi connectivity index (χ4n) is 1.54. The van der Waals surface area contributed by atoms with Crippen LogP contribution in [-0.4, -0.2) is 15.5 Å². The first-order valence-electron chi connectivity index (χ1n) is 4.44. The second-order valence-corrected chi connectivity index (χ2v) is 3.77. The number of hydrogen-bond donors (Lipinski definition) is 1. The Balaban J connectivity index is 2.09. The van der Waals surface area contributed by atoms with Crippen LogP contribution in [0.15, 0.2) is 12.4 Å². The molecule has 2 rings (SSSR count). The zero-order valence-corrected chi connectivity index (χ0v) is 7.55. The largest absolute Gasteiger partial charge is 0.365 e. The van der Waals surface area contributed by atoms with Gasteiger partial charge >= 0.3 is 0 Å². The maximum atomic E-state index is 12.7. The summed E-state index contributed by atoms with van der Waals surface area (Å²) in [6, 6.07) is 1.32. The first-order valence-corrected chi connectivity index (χ1v) is 4.44. The molecule has 1 saturated carbocycles. The van der Waals surface area contributed by atoms with E-state index in [0.29, 0.717) is 5.82 Å². The summed E-state index contributed by atoms with van der Waals surface area (Å²) in [6.45, 7) is 2.12. The first kappa shape index (κ1) is 8.41. The van der Waals surface area contributed by atoms with Crippen molar-refractivity contribution in [3.8, 4) is 0 Å². The summed E-state index contributed by atoms with van der Waals surface area (Å²) in [5, 5.41) is 3.20. The molecule has 1 fully saturated rings. The fraction of sp³-hybridized carbons (Fsp3) is 0.556. The van der Waals surface area contributed by atoms with Crippen LogP contribution in [-0.2, 0) is 0 Å². The van der Waals surface area contributed by atoms with Crippen LogP contribution in [0.3, 0.4) is 0 Å². The Labute approximate surface area is 76.4 Å². The number of aromatic nitrogens is 2. The van der Waals surface area contributed by atoms with Crippen molar-refractivity contribution in [3.63, 3.8) is 0 Å². The van der Waals surface area contributed by atoms with Gasteiger partial charge in [0.1, 0.15) is 12.1 Å². The topological polar surface area (TPSA) is 37.8 Å². The van der Waals surface area contributed by atoms with Crippen LogP contribution >= 0.6 is 0 Å². The minimum absolute atomic E-state index is 0.112. The van der Waals surface area contributed by atoms with E-state index in [9.17, 15) is 4.39 Å². The van der Waals surface area contributed by atoms with Gasteiger partial charge in [0.25, 0.3) is 0 Å². The highest BCUT2D eigenvalue weighted by atomic mass is 19.1. The first-order chi connectivity index (χ1) is 6.18. The Bertz CT molecular complexity index is 309. The van der Waals surface area contributed by atoms with Gasteiger partial charge in [0, 0.05) is 11.6 Å². The van der Waals surface area contributed by atoms with E-state index in [2.05, 4.69) is 22.2 Å². The number of rotatable bonds is 2. The lowest BCUT2D eigenvalue weighted by Gasteiger charge is -2.39. The van der Waals surface area contributed by atoms with Crippen LogP contribution in [0.4, 0.5) is 10.2 Å². The molecule has 1 heterocycles. The van der Waals surface area contributed by atoms with E-state index in [1.807, 2.05) is 0 Å². The van der Waals surface area contributed by atoms with E-state index < -0.39 is 5.95 Å². The van der Waals surface area contributed by atoms with Crippen molar-refractivity contribution in [2.75, 3.05) is 5.32 Å². The smallest absolute Gasteiger partial charge is 0.217 e. The normalized spacial score (nSPS) is 19.2. The molecular formula is C9H12FN3. The predicted octanol–water partition coefficient (Wildman–Crippen LogP) is 1.97. The summed E-state index contributed by atoms with van der Waals surface area (Å²) in [6.07, 6.45) is 4.72. The van der Waals surface area contributed by atoms with Gasteiger partial charge in [-0.05, 0) is 26.2 Å². The van der Waals surface area contributed by atoms with E-state index >= 15 is 0 Å². The number of anilines is 1. The highest BCUT2D eigenvalue weighted by Crippen LogP contribution is 2.33. The second-order valence-electron chi connectivity index (χ2n) is 3.77. The fourth-order valence-corrected chi connectivity index (χ4v) is 1.54. The Morgan fingerprint density at radius 1 is 1.46 bits per heavy atom. The van der Waals surface area contributed by atoms with Crippen molar-refractivity contribution >= 4 is 5.82 Å². The van der Waals surface area contributed by atoms with Crippen molar-refractivity contribution in [2.45, 2.75) is 31.7 Å². The van der Waals surface area contributed by atoms with Crippen molar-refractivity contribution in [3.05, 3.63) is 18.3 Å². The van der Waals surface area contributed by atoms with Gasteiger partial charge in [0.15, 0.2) is 0 Å². The maximum Gasteiger partial charge on any atom is 0.217 e. The molecule has 0 bridgehead atoms. The Morgan fingerprint density at radius 3 is 2.77 bits per heavy atom. The Hall–Kier alpha value is -1.19. The molecule has 0 saturated heterocycles. The highest BCUT2D eigenvalue weighted by molar-refractivity contribution is 5.36. The highest BCUT2D eigenvalue weighted by Gasteiger charge is 2.31. The Morgan fingerprint density at radius 2 is 2.23 bits per heavy atom. The molecule has 1 aromatic rings. The number of hydrogen-bond acceptors (Lipinski definition) is 3. The Kier molecular flexibility index (Phi) is 1.90. The van der Waals surface area contributed by atoms with Gasteiger partial charge in [-0.1, -0.05) is 0 Å². The molecule has 0 radical (unpaired) electrons. The quantitative estimate of drug-likeness (QED) is 0.709. The minimum Gasteiger partial charge on any atom is -0.365 e. The van der Waals surface area contributed by atoms with Crippen LogP contribution in [0.5, 0.6) is 0 Å². The SMILES string of the molecule is CC1(Nc2cc(F)ncn2)CCC1. The van der Waals surface area contributed by atoms with Crippen LogP contribution in [0, 0.1) is 5.95 Å². The van der Waals surface area contributed by atoms with Gasteiger partial charge in [-0.25, -0.2) is 9.97 Å². The van der Waals surface area contributed by atoms with Gasteiger partial charge < -0.3 is 5.32 Å². The molecule has 1 aliphatic rings. The van der Waals surface area contributed by atoms with Gasteiger partial charge in [0.05, 0.1) is 0 Å². The monoisotopic (exact) mass is 181 g/mol. The molecule has 0 aliphatic heterocycles. The van der Waals surface area contributed by atoms with Crippen molar-refractivity contribution in [1.29, 1.82) is 0 Å². The van der Waals surface area contributed by atoms with Crippen LogP contribution in [0.2, 0.25) is 0 Å². The second kappa shape index (κ2) is 2.94. The molecule has 1 aromatic heterocycles. The van der Waals surface area contributed by atoms with Crippen molar-refractivity contribution in [2.24, 2.45) is 0 Å². The van der Waals surface area contributed by atoms with Crippen LogP contribution < -0.4 is 5.32 Å². The number of halogens is 1.